The number of rotatable bonds is 7. The standard InChI is InChI=1S/C22H22BrNO2.2C7H7.Zr/c23-20-11-5-9-18(22(20)26)13-15-24-14-12-17-8-4-10-19(21(17)25)16-6-2-1-3-7-16;2*1-7-5-3-2-4-6-7;/h1-11,24-26H,12-15H2;2*2-6H,1H2;/q;2*-1;+3. The Bertz CT molecular complexity index is 1380. The summed E-state index contributed by atoms with van der Waals surface area (Å²) in [5, 5.41) is 24.0. The predicted molar refractivity (Wildman–Crippen MR) is 171 cm³/mol. The average Bonchev–Trinajstić information content (AvgIpc) is 2.98. The van der Waals surface area contributed by atoms with Crippen molar-refractivity contribution < 1.29 is 36.4 Å². The van der Waals surface area contributed by atoms with Crippen molar-refractivity contribution in [2.24, 2.45) is 0 Å². The van der Waals surface area contributed by atoms with E-state index in [4.69, 9.17) is 0 Å². The summed E-state index contributed by atoms with van der Waals surface area (Å²) in [6.45, 7) is 8.97. The molecule has 1 radical (unpaired) electrons. The van der Waals surface area contributed by atoms with Gasteiger partial charge < -0.3 is 15.5 Å². The molecule has 0 aliphatic rings. The Morgan fingerprint density at radius 2 is 0.976 bits per heavy atom. The van der Waals surface area contributed by atoms with Gasteiger partial charge in [-0.3, -0.25) is 0 Å². The number of aromatic hydroxyl groups is 2. The van der Waals surface area contributed by atoms with E-state index >= 15 is 0 Å². The Morgan fingerprint density at radius 3 is 1.44 bits per heavy atom. The number of hydrogen-bond acceptors (Lipinski definition) is 3. The van der Waals surface area contributed by atoms with Crippen LogP contribution >= 0.6 is 15.9 Å². The molecule has 5 heteroatoms. The summed E-state index contributed by atoms with van der Waals surface area (Å²) >= 11 is 3.34. The Kier molecular flexibility index (Phi) is 15.7. The van der Waals surface area contributed by atoms with Crippen molar-refractivity contribution in [3.8, 4) is 22.6 Å². The summed E-state index contributed by atoms with van der Waals surface area (Å²) in [4.78, 5) is 0. The van der Waals surface area contributed by atoms with Crippen LogP contribution in [0.25, 0.3) is 11.1 Å². The van der Waals surface area contributed by atoms with Crippen molar-refractivity contribution in [1.82, 2.24) is 5.32 Å². The topological polar surface area (TPSA) is 52.5 Å². The molecule has 0 heterocycles. The molecule has 0 spiro atoms. The second kappa shape index (κ2) is 19.0. The minimum Gasteiger partial charge on any atom is -0.507 e. The van der Waals surface area contributed by atoms with Gasteiger partial charge >= 0.3 is 26.2 Å². The van der Waals surface area contributed by atoms with Crippen LogP contribution in [0.4, 0.5) is 0 Å². The minimum absolute atomic E-state index is 0. The average molecular weight is 686 g/mol. The van der Waals surface area contributed by atoms with Gasteiger partial charge in [0, 0.05) is 5.56 Å². The molecule has 0 saturated carbocycles. The van der Waals surface area contributed by atoms with Crippen molar-refractivity contribution in [1.29, 1.82) is 0 Å². The molecule has 3 nitrogen and oxygen atoms in total. The van der Waals surface area contributed by atoms with Gasteiger partial charge in [0.25, 0.3) is 0 Å². The first-order valence-corrected chi connectivity index (χ1v) is 14.0. The fraction of sp³-hybridized carbons (Fsp3) is 0.111. The fourth-order valence-corrected chi connectivity index (χ4v) is 4.34. The van der Waals surface area contributed by atoms with Gasteiger partial charge in [-0.25, -0.2) is 0 Å². The van der Waals surface area contributed by atoms with E-state index in [9.17, 15) is 10.2 Å². The molecular weight excluding hydrogens is 650 g/mol. The summed E-state index contributed by atoms with van der Waals surface area (Å²) in [5.74, 6) is 0.660. The molecule has 0 unspecified atom stereocenters. The maximum atomic E-state index is 10.6. The smallest absolute Gasteiger partial charge is 0.507 e. The van der Waals surface area contributed by atoms with Crippen LogP contribution < -0.4 is 5.32 Å². The van der Waals surface area contributed by atoms with Gasteiger partial charge in [-0.1, -0.05) is 72.8 Å². The number of benzene rings is 5. The first-order chi connectivity index (χ1) is 19.5. The molecule has 5 rings (SSSR count). The Morgan fingerprint density at radius 1 is 0.537 bits per heavy atom. The molecule has 0 atom stereocenters. The first-order valence-electron chi connectivity index (χ1n) is 13.2. The second-order valence-corrected chi connectivity index (χ2v) is 10.0. The molecule has 5 aromatic rings. The zero-order valence-corrected chi connectivity index (χ0v) is 27.2. The zero-order chi connectivity index (χ0) is 28.6. The molecule has 3 N–H and O–H groups in total. The summed E-state index contributed by atoms with van der Waals surface area (Å²) in [6, 6.07) is 41.2. The minimum atomic E-state index is 0. The van der Waals surface area contributed by atoms with Crippen molar-refractivity contribution in [2.45, 2.75) is 12.8 Å². The van der Waals surface area contributed by atoms with E-state index in [0.717, 1.165) is 63.8 Å². The van der Waals surface area contributed by atoms with Gasteiger partial charge in [-0.15, -0.1) is 24.3 Å². The van der Waals surface area contributed by atoms with Gasteiger partial charge in [-0.2, -0.15) is 49.2 Å². The number of halogens is 1. The Hall–Kier alpha value is -3.24. The van der Waals surface area contributed by atoms with E-state index in [1.54, 1.807) is 0 Å². The molecule has 0 bridgehead atoms. The summed E-state index contributed by atoms with van der Waals surface area (Å²) in [6.07, 6.45) is 1.50. The summed E-state index contributed by atoms with van der Waals surface area (Å²) in [7, 11) is 0. The van der Waals surface area contributed by atoms with E-state index in [1.165, 1.54) is 0 Å². The Balaban J connectivity index is 0.000000319. The predicted octanol–water partition coefficient (Wildman–Crippen LogP) is 8.64. The second-order valence-electron chi connectivity index (χ2n) is 9.15. The van der Waals surface area contributed by atoms with Crippen LogP contribution in [0.5, 0.6) is 11.5 Å². The SMILES string of the molecule is Oc1c(Br)cccc1CCNCCc1cccc(-c2ccccc2)c1O.[CH2-]c1ccccc1.[CH2-]c1ccccc1.[Zr+3]. The Labute approximate surface area is 272 Å². The zero-order valence-electron chi connectivity index (χ0n) is 23.1. The molecule has 0 aromatic heterocycles. The van der Waals surface area contributed by atoms with Gasteiger partial charge in [0.05, 0.1) is 4.47 Å². The molecule has 0 amide bonds. The molecule has 0 saturated heterocycles. The maximum Gasteiger partial charge on any atom is 3.00 e. The fourth-order valence-electron chi connectivity index (χ4n) is 3.93. The van der Waals surface area contributed by atoms with Crippen LogP contribution in [0.2, 0.25) is 0 Å². The normalized spacial score (nSPS) is 9.78. The number of para-hydroxylation sites is 2. The quantitative estimate of drug-likeness (QED) is 0.119. The van der Waals surface area contributed by atoms with Crippen LogP contribution in [0, 0.1) is 13.8 Å². The van der Waals surface area contributed by atoms with E-state index in [1.807, 2.05) is 127 Å². The van der Waals surface area contributed by atoms with Gasteiger partial charge in [0.2, 0.25) is 0 Å². The molecule has 0 fully saturated rings. The number of hydrogen-bond donors (Lipinski definition) is 3. The largest absolute Gasteiger partial charge is 3.00 e. The van der Waals surface area contributed by atoms with E-state index in [0.29, 0.717) is 11.5 Å². The van der Waals surface area contributed by atoms with E-state index < -0.39 is 0 Å². The molecular formula is C36H36BrNO2Zr+. The molecule has 5 aromatic carbocycles. The molecule has 0 aliphatic carbocycles. The van der Waals surface area contributed by atoms with E-state index in [2.05, 4.69) is 35.1 Å². The van der Waals surface area contributed by atoms with E-state index in [-0.39, 0.29) is 26.2 Å². The molecule has 0 aliphatic heterocycles. The van der Waals surface area contributed by atoms with Gasteiger partial charge in [0.1, 0.15) is 11.5 Å². The van der Waals surface area contributed by atoms with Crippen molar-refractivity contribution in [3.05, 3.63) is 168 Å². The van der Waals surface area contributed by atoms with Gasteiger partial charge in [0.15, 0.2) is 0 Å². The summed E-state index contributed by atoms with van der Waals surface area (Å²) < 4.78 is 0.720. The van der Waals surface area contributed by atoms with Crippen molar-refractivity contribution in [2.75, 3.05) is 13.1 Å². The van der Waals surface area contributed by atoms with Crippen molar-refractivity contribution in [3.63, 3.8) is 0 Å². The summed E-state index contributed by atoms with van der Waals surface area (Å²) in [5.41, 5.74) is 5.88. The maximum absolute atomic E-state index is 10.6. The van der Waals surface area contributed by atoms with Crippen LogP contribution in [0.3, 0.4) is 0 Å². The van der Waals surface area contributed by atoms with Gasteiger partial charge in [-0.05, 0) is 64.6 Å². The number of phenols is 2. The van der Waals surface area contributed by atoms with Crippen LogP contribution in [-0.4, -0.2) is 23.3 Å². The number of phenolic OH excluding ortho intramolecular Hbond substituents is 2. The molecule has 41 heavy (non-hydrogen) atoms. The first kappa shape index (κ1) is 34.0. The van der Waals surface area contributed by atoms with Crippen molar-refractivity contribution >= 4 is 15.9 Å². The van der Waals surface area contributed by atoms with Crippen LogP contribution in [-0.2, 0) is 39.0 Å². The monoisotopic (exact) mass is 683 g/mol. The third-order valence-corrected chi connectivity index (χ3v) is 6.74. The van der Waals surface area contributed by atoms with Crippen LogP contribution in [0.15, 0.2) is 132 Å². The molecule has 207 valence electrons. The third-order valence-electron chi connectivity index (χ3n) is 6.10. The van der Waals surface area contributed by atoms with Crippen LogP contribution in [0.1, 0.15) is 22.3 Å². The third kappa shape index (κ3) is 12.0. The number of nitrogens with one attached hydrogen (secondary N) is 1.